The zero-order valence-corrected chi connectivity index (χ0v) is 15.5. The highest BCUT2D eigenvalue weighted by Gasteiger charge is 2.22. The topological polar surface area (TPSA) is 72.1 Å². The second-order valence-electron chi connectivity index (χ2n) is 6.34. The van der Waals surface area contributed by atoms with Gasteiger partial charge in [-0.3, -0.25) is 4.99 Å². The number of hydrogen-bond acceptors (Lipinski definition) is 4. The van der Waals surface area contributed by atoms with Crippen LogP contribution in [0.2, 0.25) is 0 Å². The van der Waals surface area contributed by atoms with Crippen molar-refractivity contribution in [3.63, 3.8) is 0 Å². The molecule has 6 nitrogen and oxygen atoms in total. The molecule has 3 rings (SSSR count). The minimum absolute atomic E-state index is 0.270. The monoisotopic (exact) mass is 354 g/mol. The molecule has 1 aliphatic rings. The third-order valence-corrected chi connectivity index (χ3v) is 4.65. The predicted molar refractivity (Wildman–Crippen MR) is 107 cm³/mol. The van der Waals surface area contributed by atoms with E-state index in [2.05, 4.69) is 46.4 Å². The maximum Gasteiger partial charge on any atom is 0.193 e. The van der Waals surface area contributed by atoms with Gasteiger partial charge in [0.25, 0.3) is 0 Å². The van der Waals surface area contributed by atoms with Crippen LogP contribution in [-0.2, 0) is 6.42 Å². The highest BCUT2D eigenvalue weighted by Crippen LogP contribution is 2.30. The second-order valence-corrected chi connectivity index (χ2v) is 6.34. The third-order valence-electron chi connectivity index (χ3n) is 4.65. The molecule has 0 aromatic heterocycles. The van der Waals surface area contributed by atoms with Crippen molar-refractivity contribution in [3.05, 3.63) is 48.0 Å². The lowest BCUT2D eigenvalue weighted by Gasteiger charge is -2.26. The van der Waals surface area contributed by atoms with Crippen LogP contribution in [0.3, 0.4) is 0 Å². The van der Waals surface area contributed by atoms with Crippen molar-refractivity contribution in [1.29, 1.82) is 0 Å². The van der Waals surface area contributed by atoms with Crippen molar-refractivity contribution in [2.75, 3.05) is 37.5 Å². The lowest BCUT2D eigenvalue weighted by Crippen LogP contribution is -2.35. The molecule has 0 spiro atoms. The molecular weight excluding hydrogens is 328 g/mol. The Kier molecular flexibility index (Phi) is 5.51. The van der Waals surface area contributed by atoms with Crippen LogP contribution < -0.4 is 25.4 Å². The molecule has 1 unspecified atom stereocenters. The summed E-state index contributed by atoms with van der Waals surface area (Å²) >= 11 is 0. The molecule has 0 radical (unpaired) electrons. The molecule has 0 bridgehead atoms. The summed E-state index contributed by atoms with van der Waals surface area (Å²) in [6, 6.07) is 14.3. The molecule has 0 saturated carbocycles. The molecule has 2 aromatic rings. The standard InChI is InChI=1S/C20H26N4O2/c1-14(24-11-10-15-6-4-5-7-18(15)24)13-22-20(21)23-17-12-16(25-2)8-9-19(17)26-3/h4-9,12,14H,10-11,13H2,1-3H3,(H3,21,22,23). The van der Waals surface area contributed by atoms with Gasteiger partial charge in [0.05, 0.1) is 26.5 Å². The van der Waals surface area contributed by atoms with E-state index in [1.165, 1.54) is 11.3 Å². The van der Waals surface area contributed by atoms with Gasteiger partial charge in [-0.25, -0.2) is 0 Å². The van der Waals surface area contributed by atoms with Crippen molar-refractivity contribution < 1.29 is 9.47 Å². The van der Waals surface area contributed by atoms with E-state index in [1.54, 1.807) is 14.2 Å². The van der Waals surface area contributed by atoms with Crippen LogP contribution in [0, 0.1) is 0 Å². The fourth-order valence-electron chi connectivity index (χ4n) is 3.24. The number of nitrogens with zero attached hydrogens (tertiary/aromatic N) is 2. The quantitative estimate of drug-likeness (QED) is 0.616. The number of hydrogen-bond donors (Lipinski definition) is 2. The number of nitrogens with one attached hydrogen (secondary N) is 1. The number of fused-ring (bicyclic) bond motifs is 1. The molecule has 26 heavy (non-hydrogen) atoms. The van der Waals surface area contributed by atoms with Crippen molar-refractivity contribution in [2.45, 2.75) is 19.4 Å². The molecule has 1 heterocycles. The summed E-state index contributed by atoms with van der Waals surface area (Å²) in [6.45, 7) is 3.80. The summed E-state index contributed by atoms with van der Waals surface area (Å²) in [7, 11) is 3.24. The third kappa shape index (κ3) is 3.85. The Morgan fingerprint density at radius 3 is 2.81 bits per heavy atom. The van der Waals surface area contributed by atoms with Gasteiger partial charge in [0.2, 0.25) is 0 Å². The first kappa shape index (κ1) is 17.9. The smallest absolute Gasteiger partial charge is 0.193 e. The van der Waals surface area contributed by atoms with Crippen molar-refractivity contribution >= 4 is 17.3 Å². The number of aliphatic imine (C=N–C) groups is 1. The lowest BCUT2D eigenvalue weighted by atomic mass is 10.2. The van der Waals surface area contributed by atoms with Crippen molar-refractivity contribution in [2.24, 2.45) is 10.7 Å². The summed E-state index contributed by atoms with van der Waals surface area (Å²) in [5.41, 5.74) is 9.52. The molecule has 0 fully saturated rings. The molecule has 0 amide bonds. The largest absolute Gasteiger partial charge is 0.497 e. The molecule has 138 valence electrons. The van der Waals surface area contributed by atoms with E-state index in [0.29, 0.717) is 18.3 Å². The van der Waals surface area contributed by atoms with Crippen molar-refractivity contribution in [1.82, 2.24) is 0 Å². The fraction of sp³-hybridized carbons (Fsp3) is 0.350. The van der Waals surface area contributed by atoms with Crippen LogP contribution in [0.4, 0.5) is 11.4 Å². The molecule has 1 atom stereocenters. The van der Waals surface area contributed by atoms with Crippen molar-refractivity contribution in [3.8, 4) is 11.5 Å². The van der Waals surface area contributed by atoms with Crippen LogP contribution in [-0.4, -0.2) is 39.3 Å². The first-order valence-corrected chi connectivity index (χ1v) is 8.76. The Hall–Kier alpha value is -2.89. The van der Waals surface area contributed by atoms with Gasteiger partial charge in [-0.05, 0) is 37.1 Å². The molecule has 0 aliphatic carbocycles. The normalized spacial score (nSPS) is 14.7. The zero-order chi connectivity index (χ0) is 18.5. The van der Waals surface area contributed by atoms with Gasteiger partial charge in [-0.1, -0.05) is 18.2 Å². The summed E-state index contributed by atoms with van der Waals surface area (Å²) in [4.78, 5) is 6.90. The van der Waals surface area contributed by atoms with E-state index < -0.39 is 0 Å². The fourth-order valence-corrected chi connectivity index (χ4v) is 3.24. The van der Waals surface area contributed by atoms with Crippen LogP contribution >= 0.6 is 0 Å². The first-order chi connectivity index (χ1) is 12.6. The molecule has 6 heteroatoms. The number of guanidine groups is 1. The Morgan fingerprint density at radius 1 is 1.23 bits per heavy atom. The average molecular weight is 354 g/mol. The highest BCUT2D eigenvalue weighted by atomic mass is 16.5. The maximum atomic E-state index is 6.09. The number of ether oxygens (including phenoxy) is 2. The number of methoxy groups -OCH3 is 2. The minimum atomic E-state index is 0.270. The van der Waals surface area contributed by atoms with E-state index in [9.17, 15) is 0 Å². The summed E-state index contributed by atoms with van der Waals surface area (Å²) < 4.78 is 10.6. The number of benzene rings is 2. The summed E-state index contributed by atoms with van der Waals surface area (Å²) in [5, 5.41) is 3.11. The zero-order valence-electron chi connectivity index (χ0n) is 15.5. The van der Waals surface area contributed by atoms with Gasteiger partial charge in [0.1, 0.15) is 11.5 Å². The average Bonchev–Trinajstić information content (AvgIpc) is 3.10. The lowest BCUT2D eigenvalue weighted by molar-refractivity contribution is 0.405. The van der Waals surface area contributed by atoms with E-state index in [-0.39, 0.29) is 6.04 Å². The van der Waals surface area contributed by atoms with E-state index in [4.69, 9.17) is 15.2 Å². The van der Waals surface area contributed by atoms with E-state index >= 15 is 0 Å². The number of nitrogens with two attached hydrogens (primary N) is 1. The molecule has 2 aromatic carbocycles. The Balaban J connectivity index is 1.66. The van der Waals surface area contributed by atoms with Gasteiger partial charge >= 0.3 is 0 Å². The Morgan fingerprint density at radius 2 is 2.04 bits per heavy atom. The Bertz CT molecular complexity index is 791. The summed E-state index contributed by atoms with van der Waals surface area (Å²) in [5.74, 6) is 1.77. The van der Waals surface area contributed by atoms with Crippen LogP contribution in [0.1, 0.15) is 12.5 Å². The van der Waals surface area contributed by atoms with Gasteiger partial charge in [-0.2, -0.15) is 0 Å². The highest BCUT2D eigenvalue weighted by molar-refractivity contribution is 5.94. The molecule has 3 N–H and O–H groups in total. The predicted octanol–water partition coefficient (Wildman–Crippen LogP) is 2.88. The van der Waals surface area contributed by atoms with Gasteiger partial charge < -0.3 is 25.4 Å². The van der Waals surface area contributed by atoms with Crippen LogP contribution in [0.15, 0.2) is 47.5 Å². The maximum absolute atomic E-state index is 6.09. The van der Waals surface area contributed by atoms with E-state index in [0.717, 1.165) is 24.4 Å². The van der Waals surface area contributed by atoms with Gasteiger partial charge in [0.15, 0.2) is 5.96 Å². The van der Waals surface area contributed by atoms with E-state index in [1.807, 2.05) is 18.2 Å². The SMILES string of the molecule is COc1ccc(OC)c(NC(N)=NCC(C)N2CCc3ccccc32)c1. The Labute approximate surface area is 154 Å². The second kappa shape index (κ2) is 7.99. The molecular formula is C20H26N4O2. The number of anilines is 2. The van der Waals surface area contributed by atoms with Gasteiger partial charge in [-0.15, -0.1) is 0 Å². The number of rotatable bonds is 6. The first-order valence-electron chi connectivity index (χ1n) is 8.76. The van der Waals surface area contributed by atoms with Crippen LogP contribution in [0.5, 0.6) is 11.5 Å². The number of para-hydroxylation sites is 1. The minimum Gasteiger partial charge on any atom is -0.497 e. The summed E-state index contributed by atoms with van der Waals surface area (Å²) in [6.07, 6.45) is 1.08. The van der Waals surface area contributed by atoms with Gasteiger partial charge in [0, 0.05) is 24.3 Å². The molecule has 0 saturated heterocycles. The molecule has 1 aliphatic heterocycles. The van der Waals surface area contributed by atoms with Crippen LogP contribution in [0.25, 0.3) is 0 Å².